The average Bonchev–Trinajstić information content (AvgIpc) is 2.85. The second-order valence-electron chi connectivity index (χ2n) is 4.77. The minimum Gasteiger partial charge on any atom is -0.377 e. The van der Waals surface area contributed by atoms with Crippen molar-refractivity contribution in [2.75, 3.05) is 11.9 Å². The normalized spacial score (nSPS) is 13.1. The zero-order chi connectivity index (χ0) is 15.5. The number of rotatable bonds is 6. The van der Waals surface area contributed by atoms with Crippen molar-refractivity contribution >= 4 is 15.7 Å². The molecule has 1 atom stereocenters. The molecule has 0 saturated carbocycles. The molecule has 0 saturated heterocycles. The fourth-order valence-electron chi connectivity index (χ4n) is 2.14. The Balaban J connectivity index is 2.11. The van der Waals surface area contributed by atoms with E-state index in [0.717, 1.165) is 11.4 Å². The molecule has 0 aliphatic rings. The Kier molecular flexibility index (Phi) is 4.64. The Hall–Kier alpha value is -1.86. The Morgan fingerprint density at radius 3 is 2.43 bits per heavy atom. The van der Waals surface area contributed by atoms with Gasteiger partial charge in [0.05, 0.1) is 16.6 Å². The summed E-state index contributed by atoms with van der Waals surface area (Å²) in [6, 6.07) is 8.73. The molecule has 6 nitrogen and oxygen atoms in total. The molecule has 0 aliphatic carbocycles. The topological polar surface area (TPSA) is 76.0 Å². The van der Waals surface area contributed by atoms with E-state index in [2.05, 4.69) is 15.1 Å². The summed E-state index contributed by atoms with van der Waals surface area (Å²) < 4.78 is 28.0. The number of anilines is 1. The van der Waals surface area contributed by atoms with E-state index in [1.807, 2.05) is 24.7 Å². The molecule has 114 valence electrons. The van der Waals surface area contributed by atoms with Gasteiger partial charge in [-0.1, -0.05) is 6.92 Å². The van der Waals surface area contributed by atoms with Gasteiger partial charge in [0.15, 0.2) is 0 Å². The Bertz CT molecular complexity index is 692. The summed E-state index contributed by atoms with van der Waals surface area (Å²) in [6.45, 7) is 4.16. The molecule has 1 aromatic carbocycles. The molecule has 0 radical (unpaired) electrons. The molecule has 2 N–H and O–H groups in total. The van der Waals surface area contributed by atoms with E-state index in [0.29, 0.717) is 6.54 Å². The molecule has 0 bridgehead atoms. The fourth-order valence-corrected chi connectivity index (χ4v) is 3.18. The van der Waals surface area contributed by atoms with Crippen LogP contribution in [0, 0.1) is 0 Å². The van der Waals surface area contributed by atoms with Crippen molar-refractivity contribution in [3.63, 3.8) is 0 Å². The second kappa shape index (κ2) is 6.28. The molecule has 2 rings (SSSR count). The Labute approximate surface area is 125 Å². The fraction of sp³-hybridized carbons (Fsp3) is 0.357. The zero-order valence-electron chi connectivity index (χ0n) is 12.4. The molecule has 21 heavy (non-hydrogen) atoms. The first kappa shape index (κ1) is 15.5. The highest BCUT2D eigenvalue weighted by atomic mass is 32.2. The highest BCUT2D eigenvalue weighted by Gasteiger charge is 2.13. The SMILES string of the molecule is CCNS(=O)(=O)c1ccc(NC(C)c2ccnn2C)cc1. The number of aryl methyl sites for hydroxylation is 1. The van der Waals surface area contributed by atoms with E-state index in [1.54, 1.807) is 37.4 Å². The molecule has 0 fully saturated rings. The van der Waals surface area contributed by atoms with E-state index >= 15 is 0 Å². The lowest BCUT2D eigenvalue weighted by molar-refractivity contribution is 0.584. The van der Waals surface area contributed by atoms with Gasteiger partial charge in [-0.15, -0.1) is 0 Å². The number of benzene rings is 1. The van der Waals surface area contributed by atoms with Crippen molar-refractivity contribution in [3.05, 3.63) is 42.2 Å². The van der Waals surface area contributed by atoms with Gasteiger partial charge in [0.1, 0.15) is 0 Å². The summed E-state index contributed by atoms with van der Waals surface area (Å²) in [6.07, 6.45) is 1.75. The first-order valence-electron chi connectivity index (χ1n) is 6.78. The summed E-state index contributed by atoms with van der Waals surface area (Å²) in [5, 5.41) is 7.45. The summed E-state index contributed by atoms with van der Waals surface area (Å²) in [7, 11) is -1.51. The summed E-state index contributed by atoms with van der Waals surface area (Å²) in [4.78, 5) is 0.267. The lowest BCUT2D eigenvalue weighted by Gasteiger charge is -2.16. The van der Waals surface area contributed by atoms with Crippen LogP contribution in [0.15, 0.2) is 41.4 Å². The largest absolute Gasteiger partial charge is 0.377 e. The van der Waals surface area contributed by atoms with Crippen molar-refractivity contribution in [1.82, 2.24) is 14.5 Å². The van der Waals surface area contributed by atoms with Crippen LogP contribution in [0.2, 0.25) is 0 Å². The van der Waals surface area contributed by atoms with Crippen molar-refractivity contribution in [1.29, 1.82) is 0 Å². The minimum atomic E-state index is -3.40. The quantitative estimate of drug-likeness (QED) is 0.854. The third kappa shape index (κ3) is 3.62. The van der Waals surface area contributed by atoms with E-state index in [-0.39, 0.29) is 10.9 Å². The number of hydrogen-bond acceptors (Lipinski definition) is 4. The number of hydrogen-bond donors (Lipinski definition) is 2. The number of nitrogens with zero attached hydrogens (tertiary/aromatic N) is 2. The second-order valence-corrected chi connectivity index (χ2v) is 6.54. The summed E-state index contributed by atoms with van der Waals surface area (Å²) in [5.74, 6) is 0. The molecule has 1 heterocycles. The monoisotopic (exact) mass is 308 g/mol. The number of sulfonamides is 1. The maximum absolute atomic E-state index is 11.9. The molecule has 2 aromatic rings. The minimum absolute atomic E-state index is 0.0775. The molecular weight excluding hydrogens is 288 g/mol. The predicted molar refractivity (Wildman–Crippen MR) is 82.6 cm³/mol. The standard InChI is InChI=1S/C14H20N4O2S/c1-4-16-21(19,20)13-7-5-12(6-8-13)17-11(2)14-9-10-15-18(14)3/h5-11,16-17H,4H2,1-3H3. The van der Waals surface area contributed by atoms with Gasteiger partial charge in [-0.2, -0.15) is 5.10 Å². The van der Waals surface area contributed by atoms with Crippen LogP contribution in [0.5, 0.6) is 0 Å². The van der Waals surface area contributed by atoms with Gasteiger partial charge in [-0.25, -0.2) is 13.1 Å². The van der Waals surface area contributed by atoms with Crippen molar-refractivity contribution in [2.45, 2.75) is 24.8 Å². The van der Waals surface area contributed by atoms with Crippen molar-refractivity contribution in [2.24, 2.45) is 7.05 Å². The van der Waals surface area contributed by atoms with Gasteiger partial charge >= 0.3 is 0 Å². The average molecular weight is 308 g/mol. The van der Waals surface area contributed by atoms with Crippen LogP contribution in [-0.2, 0) is 17.1 Å². The van der Waals surface area contributed by atoms with Crippen molar-refractivity contribution in [3.8, 4) is 0 Å². The molecule has 0 aliphatic heterocycles. The third-order valence-corrected chi connectivity index (χ3v) is 4.75. The van der Waals surface area contributed by atoms with Crippen LogP contribution < -0.4 is 10.0 Å². The Morgan fingerprint density at radius 1 is 1.24 bits per heavy atom. The van der Waals surface area contributed by atoms with Gasteiger partial charge in [-0.3, -0.25) is 4.68 Å². The van der Waals surface area contributed by atoms with Gasteiger partial charge < -0.3 is 5.32 Å². The van der Waals surface area contributed by atoms with Gasteiger partial charge in [-0.05, 0) is 37.3 Å². The van der Waals surface area contributed by atoms with Crippen LogP contribution in [0.25, 0.3) is 0 Å². The van der Waals surface area contributed by atoms with Crippen LogP contribution in [0.1, 0.15) is 25.6 Å². The maximum Gasteiger partial charge on any atom is 0.240 e. The van der Waals surface area contributed by atoms with Gasteiger partial charge in [0.25, 0.3) is 0 Å². The molecule has 0 spiro atoms. The van der Waals surface area contributed by atoms with Crippen LogP contribution in [0.3, 0.4) is 0 Å². The van der Waals surface area contributed by atoms with Gasteiger partial charge in [0.2, 0.25) is 10.0 Å². The lowest BCUT2D eigenvalue weighted by atomic mass is 10.2. The van der Waals surface area contributed by atoms with Gasteiger partial charge in [0, 0.05) is 25.5 Å². The smallest absolute Gasteiger partial charge is 0.240 e. The van der Waals surface area contributed by atoms with E-state index in [1.165, 1.54) is 0 Å². The molecule has 7 heteroatoms. The van der Waals surface area contributed by atoms with Crippen molar-refractivity contribution < 1.29 is 8.42 Å². The first-order chi connectivity index (χ1) is 9.94. The number of nitrogens with one attached hydrogen (secondary N) is 2. The lowest BCUT2D eigenvalue weighted by Crippen LogP contribution is -2.23. The van der Waals surface area contributed by atoms with Crippen LogP contribution >= 0.6 is 0 Å². The molecular formula is C14H20N4O2S. The number of aromatic nitrogens is 2. The highest BCUT2D eigenvalue weighted by Crippen LogP contribution is 2.20. The Morgan fingerprint density at radius 2 is 1.90 bits per heavy atom. The molecule has 1 unspecified atom stereocenters. The third-order valence-electron chi connectivity index (χ3n) is 3.18. The van der Waals surface area contributed by atoms with E-state index in [9.17, 15) is 8.42 Å². The van der Waals surface area contributed by atoms with Crippen LogP contribution in [-0.4, -0.2) is 24.7 Å². The molecule has 0 amide bonds. The maximum atomic E-state index is 11.9. The molecule has 1 aromatic heterocycles. The highest BCUT2D eigenvalue weighted by molar-refractivity contribution is 7.89. The zero-order valence-corrected chi connectivity index (χ0v) is 13.2. The van der Waals surface area contributed by atoms with E-state index < -0.39 is 10.0 Å². The predicted octanol–water partition coefficient (Wildman–Crippen LogP) is 1.89. The van der Waals surface area contributed by atoms with E-state index in [4.69, 9.17) is 0 Å². The first-order valence-corrected chi connectivity index (χ1v) is 8.26. The summed E-state index contributed by atoms with van der Waals surface area (Å²) >= 11 is 0. The summed E-state index contributed by atoms with van der Waals surface area (Å²) in [5.41, 5.74) is 1.92. The van der Waals surface area contributed by atoms with Crippen LogP contribution in [0.4, 0.5) is 5.69 Å².